The molecule has 1 aliphatic carbocycles. The van der Waals surface area contributed by atoms with E-state index < -0.39 is 0 Å². The van der Waals surface area contributed by atoms with Crippen molar-refractivity contribution in [3.63, 3.8) is 0 Å². The van der Waals surface area contributed by atoms with Crippen LogP contribution in [0.1, 0.15) is 30.5 Å². The standard InChI is InChI=1S/C28H23N/c1-18-10-4-8-14-25(18)29-26-15-9-6-12-20(26)22-16-21-19-11-5-7-13-23(19)28(2,3)24(21)17-27(22)29/h4-17H,1-3H3. The molecule has 29 heavy (non-hydrogen) atoms. The van der Waals surface area contributed by atoms with Crippen LogP contribution in [0.15, 0.2) is 84.9 Å². The Labute approximate surface area is 171 Å². The minimum absolute atomic E-state index is 0.00708. The summed E-state index contributed by atoms with van der Waals surface area (Å²) in [5.74, 6) is 0. The summed E-state index contributed by atoms with van der Waals surface area (Å²) in [6.45, 7) is 6.90. The van der Waals surface area contributed by atoms with Gasteiger partial charge >= 0.3 is 0 Å². The van der Waals surface area contributed by atoms with Crippen molar-refractivity contribution in [2.45, 2.75) is 26.2 Å². The van der Waals surface area contributed by atoms with Gasteiger partial charge in [-0.1, -0.05) is 74.5 Å². The average molecular weight is 373 g/mol. The molecule has 0 N–H and O–H groups in total. The molecule has 1 aromatic heterocycles. The predicted octanol–water partition coefficient (Wildman–Crippen LogP) is 7.40. The molecule has 1 heterocycles. The van der Waals surface area contributed by atoms with Crippen LogP contribution in [-0.4, -0.2) is 4.57 Å². The molecule has 140 valence electrons. The summed E-state index contributed by atoms with van der Waals surface area (Å²) in [7, 11) is 0. The van der Waals surface area contributed by atoms with Gasteiger partial charge in [0.25, 0.3) is 0 Å². The number of benzene rings is 4. The monoisotopic (exact) mass is 373 g/mol. The third-order valence-corrected chi connectivity index (χ3v) is 6.73. The fraction of sp³-hybridized carbons (Fsp3) is 0.143. The van der Waals surface area contributed by atoms with Gasteiger partial charge in [-0.15, -0.1) is 0 Å². The van der Waals surface area contributed by atoms with E-state index in [-0.39, 0.29) is 5.41 Å². The zero-order valence-electron chi connectivity index (χ0n) is 17.0. The highest BCUT2D eigenvalue weighted by Gasteiger charge is 2.36. The number of nitrogens with zero attached hydrogens (tertiary/aromatic N) is 1. The quantitative estimate of drug-likeness (QED) is 0.288. The second-order valence-corrected chi connectivity index (χ2v) is 8.72. The van der Waals surface area contributed by atoms with E-state index in [1.54, 1.807) is 0 Å². The highest BCUT2D eigenvalue weighted by atomic mass is 15.0. The van der Waals surface area contributed by atoms with Crippen LogP contribution < -0.4 is 0 Å². The van der Waals surface area contributed by atoms with Gasteiger partial charge in [0.2, 0.25) is 0 Å². The summed E-state index contributed by atoms with van der Waals surface area (Å²) in [5.41, 5.74) is 10.7. The van der Waals surface area contributed by atoms with Gasteiger partial charge in [0.05, 0.1) is 11.0 Å². The summed E-state index contributed by atoms with van der Waals surface area (Å²) in [6, 6.07) is 31.2. The van der Waals surface area contributed by atoms with Crippen molar-refractivity contribution >= 4 is 21.8 Å². The summed E-state index contributed by atoms with van der Waals surface area (Å²) in [5, 5.41) is 2.64. The maximum atomic E-state index is 2.44. The molecular weight excluding hydrogens is 350 g/mol. The third-order valence-electron chi connectivity index (χ3n) is 6.73. The molecule has 0 saturated carbocycles. The molecule has 5 aromatic rings. The highest BCUT2D eigenvalue weighted by Crippen LogP contribution is 2.50. The minimum Gasteiger partial charge on any atom is -0.309 e. The molecule has 4 aromatic carbocycles. The smallest absolute Gasteiger partial charge is 0.0544 e. The van der Waals surface area contributed by atoms with E-state index in [0.29, 0.717) is 0 Å². The normalized spacial score (nSPS) is 14.3. The lowest BCUT2D eigenvalue weighted by molar-refractivity contribution is 0.661. The van der Waals surface area contributed by atoms with Gasteiger partial charge in [-0.2, -0.15) is 0 Å². The third kappa shape index (κ3) is 2.10. The molecule has 1 heteroatoms. The van der Waals surface area contributed by atoms with E-state index in [0.717, 1.165) is 0 Å². The van der Waals surface area contributed by atoms with Gasteiger partial charge in [-0.3, -0.25) is 0 Å². The number of para-hydroxylation sites is 2. The van der Waals surface area contributed by atoms with Crippen molar-refractivity contribution in [3.8, 4) is 16.8 Å². The van der Waals surface area contributed by atoms with Crippen molar-refractivity contribution < 1.29 is 0 Å². The van der Waals surface area contributed by atoms with E-state index in [1.807, 2.05) is 0 Å². The number of hydrogen-bond acceptors (Lipinski definition) is 0. The molecule has 0 fully saturated rings. The van der Waals surface area contributed by atoms with E-state index in [9.17, 15) is 0 Å². The number of aryl methyl sites for hydroxylation is 1. The SMILES string of the molecule is Cc1ccccc1-n1c2ccccc2c2cc3c(cc21)C(C)(C)c1ccccc1-3. The molecule has 0 saturated heterocycles. The number of fused-ring (bicyclic) bond motifs is 6. The Morgan fingerprint density at radius 1 is 0.621 bits per heavy atom. The first-order chi connectivity index (χ1) is 14.1. The van der Waals surface area contributed by atoms with E-state index in [2.05, 4.69) is 110 Å². The molecular formula is C28H23N. The van der Waals surface area contributed by atoms with Crippen LogP contribution in [0.3, 0.4) is 0 Å². The molecule has 1 nitrogen and oxygen atoms in total. The number of rotatable bonds is 1. The lowest BCUT2D eigenvalue weighted by Gasteiger charge is -2.21. The molecule has 0 unspecified atom stereocenters. The first-order valence-electron chi connectivity index (χ1n) is 10.3. The summed E-state index contributed by atoms with van der Waals surface area (Å²) in [4.78, 5) is 0. The number of hydrogen-bond donors (Lipinski definition) is 0. The largest absolute Gasteiger partial charge is 0.309 e. The topological polar surface area (TPSA) is 4.93 Å². The summed E-state index contributed by atoms with van der Waals surface area (Å²) >= 11 is 0. The highest BCUT2D eigenvalue weighted by molar-refractivity contribution is 6.11. The van der Waals surface area contributed by atoms with Crippen LogP contribution in [0.4, 0.5) is 0 Å². The summed E-state index contributed by atoms with van der Waals surface area (Å²) in [6.07, 6.45) is 0. The fourth-order valence-corrected chi connectivity index (χ4v) is 5.24. The predicted molar refractivity (Wildman–Crippen MR) is 123 cm³/mol. The van der Waals surface area contributed by atoms with Crippen molar-refractivity contribution in [1.82, 2.24) is 4.57 Å². The second-order valence-electron chi connectivity index (χ2n) is 8.72. The van der Waals surface area contributed by atoms with Crippen LogP contribution in [0.5, 0.6) is 0 Å². The Morgan fingerprint density at radius 3 is 2.21 bits per heavy atom. The molecule has 0 amide bonds. The Balaban J connectivity index is 1.80. The first-order valence-corrected chi connectivity index (χ1v) is 10.3. The molecule has 0 bridgehead atoms. The van der Waals surface area contributed by atoms with E-state index in [1.165, 1.54) is 55.3 Å². The fourth-order valence-electron chi connectivity index (χ4n) is 5.24. The maximum absolute atomic E-state index is 2.44. The zero-order valence-corrected chi connectivity index (χ0v) is 17.0. The van der Waals surface area contributed by atoms with E-state index >= 15 is 0 Å². The van der Waals surface area contributed by atoms with Crippen molar-refractivity contribution in [2.75, 3.05) is 0 Å². The van der Waals surface area contributed by atoms with Crippen LogP contribution in [0.2, 0.25) is 0 Å². The van der Waals surface area contributed by atoms with Gasteiger partial charge in [0.1, 0.15) is 0 Å². The Hall–Kier alpha value is -3.32. The molecule has 0 radical (unpaired) electrons. The molecule has 6 rings (SSSR count). The number of aromatic nitrogens is 1. The Morgan fingerprint density at radius 2 is 1.34 bits per heavy atom. The lowest BCUT2D eigenvalue weighted by atomic mass is 9.82. The first kappa shape index (κ1) is 16.6. The van der Waals surface area contributed by atoms with Crippen LogP contribution in [0, 0.1) is 6.92 Å². The lowest BCUT2D eigenvalue weighted by Crippen LogP contribution is -2.15. The molecule has 0 atom stereocenters. The van der Waals surface area contributed by atoms with Gasteiger partial charge in [0, 0.05) is 21.9 Å². The Kier molecular flexibility index (Phi) is 3.21. The van der Waals surface area contributed by atoms with E-state index in [4.69, 9.17) is 0 Å². The van der Waals surface area contributed by atoms with Crippen LogP contribution in [-0.2, 0) is 5.41 Å². The molecule has 1 aliphatic rings. The van der Waals surface area contributed by atoms with Gasteiger partial charge < -0.3 is 4.57 Å². The zero-order chi connectivity index (χ0) is 19.8. The summed E-state index contributed by atoms with van der Waals surface area (Å²) < 4.78 is 2.44. The van der Waals surface area contributed by atoms with Crippen molar-refractivity contribution in [1.29, 1.82) is 0 Å². The van der Waals surface area contributed by atoms with Crippen molar-refractivity contribution in [3.05, 3.63) is 102 Å². The van der Waals surface area contributed by atoms with Gasteiger partial charge in [-0.25, -0.2) is 0 Å². The van der Waals surface area contributed by atoms with Crippen LogP contribution >= 0.6 is 0 Å². The molecule has 0 aliphatic heterocycles. The van der Waals surface area contributed by atoms with Gasteiger partial charge in [-0.05, 0) is 59.0 Å². The second kappa shape index (κ2) is 5.61. The van der Waals surface area contributed by atoms with Crippen LogP contribution in [0.25, 0.3) is 38.6 Å². The molecule has 0 spiro atoms. The minimum atomic E-state index is 0.00708. The van der Waals surface area contributed by atoms with Crippen molar-refractivity contribution in [2.24, 2.45) is 0 Å². The Bertz CT molecular complexity index is 1430. The maximum Gasteiger partial charge on any atom is 0.0544 e. The average Bonchev–Trinajstić information content (AvgIpc) is 3.17. The van der Waals surface area contributed by atoms with Gasteiger partial charge in [0.15, 0.2) is 0 Å².